The van der Waals surface area contributed by atoms with E-state index in [1.807, 2.05) is 13.0 Å². The summed E-state index contributed by atoms with van der Waals surface area (Å²) in [5.74, 6) is 0.404. The Morgan fingerprint density at radius 1 is 1.35 bits per heavy atom. The molecule has 118 valence electrons. The molecule has 0 radical (unpaired) electrons. The summed E-state index contributed by atoms with van der Waals surface area (Å²) >= 11 is 6.13. The van der Waals surface area contributed by atoms with E-state index in [0.717, 1.165) is 11.2 Å². The summed E-state index contributed by atoms with van der Waals surface area (Å²) in [7, 11) is 0. The minimum atomic E-state index is -0.152. The van der Waals surface area contributed by atoms with Crippen LogP contribution >= 0.6 is 11.6 Å². The standard InChI is InChI=1S/C16H15ClN4O2/c1-2-23-16-11(4-3-5-13(16)17)8-15(22)19-12-6-7-14-20-18-10-21(14)9-12/h3-7,9-10H,2,8H2,1H3,(H,19,22). The summed E-state index contributed by atoms with van der Waals surface area (Å²) in [6.07, 6.45) is 3.51. The number of carbonyl (C=O) groups excluding carboxylic acids is 1. The van der Waals surface area contributed by atoms with E-state index in [1.54, 1.807) is 41.2 Å². The van der Waals surface area contributed by atoms with Crippen molar-refractivity contribution in [3.05, 3.63) is 53.4 Å². The van der Waals surface area contributed by atoms with E-state index in [4.69, 9.17) is 16.3 Å². The zero-order chi connectivity index (χ0) is 16.2. The molecule has 0 bridgehead atoms. The SMILES string of the molecule is CCOc1c(Cl)cccc1CC(=O)Nc1ccc2nncn2c1. The number of halogens is 1. The van der Waals surface area contributed by atoms with E-state index >= 15 is 0 Å². The van der Waals surface area contributed by atoms with Crippen molar-refractivity contribution in [2.24, 2.45) is 0 Å². The third kappa shape index (κ3) is 3.43. The first-order valence-electron chi connectivity index (χ1n) is 7.17. The number of nitrogens with zero attached hydrogens (tertiary/aromatic N) is 3. The number of ether oxygens (including phenoxy) is 1. The molecule has 7 heteroatoms. The molecule has 0 aliphatic carbocycles. The van der Waals surface area contributed by atoms with Crippen molar-refractivity contribution in [2.45, 2.75) is 13.3 Å². The monoisotopic (exact) mass is 330 g/mol. The summed E-state index contributed by atoms with van der Waals surface area (Å²) in [5, 5.41) is 11.1. The van der Waals surface area contributed by atoms with Gasteiger partial charge in [-0.1, -0.05) is 23.7 Å². The number of hydrogen-bond acceptors (Lipinski definition) is 4. The molecule has 1 amide bonds. The van der Waals surface area contributed by atoms with Crippen molar-refractivity contribution in [2.75, 3.05) is 11.9 Å². The van der Waals surface area contributed by atoms with Gasteiger partial charge in [-0.3, -0.25) is 9.20 Å². The zero-order valence-electron chi connectivity index (χ0n) is 12.5. The fraction of sp³-hybridized carbons (Fsp3) is 0.188. The topological polar surface area (TPSA) is 68.5 Å². The average molecular weight is 331 g/mol. The number of pyridine rings is 1. The summed E-state index contributed by atoms with van der Waals surface area (Å²) in [4.78, 5) is 12.3. The van der Waals surface area contributed by atoms with Crippen molar-refractivity contribution >= 4 is 28.8 Å². The van der Waals surface area contributed by atoms with Crippen molar-refractivity contribution < 1.29 is 9.53 Å². The number of rotatable bonds is 5. The smallest absolute Gasteiger partial charge is 0.228 e. The largest absolute Gasteiger partial charge is 0.492 e. The Morgan fingerprint density at radius 3 is 3.04 bits per heavy atom. The van der Waals surface area contributed by atoms with Crippen LogP contribution in [0.3, 0.4) is 0 Å². The normalized spacial score (nSPS) is 10.7. The Hall–Kier alpha value is -2.60. The Bertz CT molecular complexity index is 847. The van der Waals surface area contributed by atoms with Crippen LogP contribution in [0.25, 0.3) is 5.65 Å². The third-order valence-electron chi connectivity index (χ3n) is 3.26. The van der Waals surface area contributed by atoms with E-state index in [0.29, 0.717) is 23.1 Å². The van der Waals surface area contributed by atoms with Crippen LogP contribution < -0.4 is 10.1 Å². The van der Waals surface area contributed by atoms with Gasteiger partial charge in [0.15, 0.2) is 5.65 Å². The fourth-order valence-electron chi connectivity index (χ4n) is 2.28. The quantitative estimate of drug-likeness (QED) is 0.781. The van der Waals surface area contributed by atoms with Crippen LogP contribution in [0.5, 0.6) is 5.75 Å². The van der Waals surface area contributed by atoms with Gasteiger partial charge < -0.3 is 10.1 Å². The third-order valence-corrected chi connectivity index (χ3v) is 3.56. The molecule has 0 unspecified atom stereocenters. The molecule has 23 heavy (non-hydrogen) atoms. The molecule has 0 aliphatic rings. The maximum Gasteiger partial charge on any atom is 0.228 e. The van der Waals surface area contributed by atoms with Crippen LogP contribution in [0.1, 0.15) is 12.5 Å². The van der Waals surface area contributed by atoms with Gasteiger partial charge in [0.25, 0.3) is 0 Å². The molecule has 2 heterocycles. The van der Waals surface area contributed by atoms with E-state index in [9.17, 15) is 4.79 Å². The average Bonchev–Trinajstić information content (AvgIpc) is 2.98. The summed E-state index contributed by atoms with van der Waals surface area (Å²) in [5.41, 5.74) is 2.14. The number of nitrogens with one attached hydrogen (secondary N) is 1. The number of benzene rings is 1. The van der Waals surface area contributed by atoms with E-state index in [2.05, 4.69) is 15.5 Å². The van der Waals surface area contributed by atoms with Gasteiger partial charge in [-0.25, -0.2) is 0 Å². The van der Waals surface area contributed by atoms with Crippen LogP contribution in [0, 0.1) is 0 Å². The summed E-state index contributed by atoms with van der Waals surface area (Å²) in [6, 6.07) is 8.95. The van der Waals surface area contributed by atoms with Gasteiger partial charge >= 0.3 is 0 Å². The molecule has 0 fully saturated rings. The molecular formula is C16H15ClN4O2. The highest BCUT2D eigenvalue weighted by Gasteiger charge is 2.12. The molecule has 0 spiro atoms. The summed E-state index contributed by atoms with van der Waals surface area (Å²) in [6.45, 7) is 2.37. The minimum Gasteiger partial charge on any atom is -0.492 e. The second-order valence-corrected chi connectivity index (χ2v) is 5.31. The fourth-order valence-corrected chi connectivity index (χ4v) is 2.53. The van der Waals surface area contributed by atoms with Crippen molar-refractivity contribution in [3.63, 3.8) is 0 Å². The molecular weight excluding hydrogens is 316 g/mol. The Morgan fingerprint density at radius 2 is 2.22 bits per heavy atom. The Kier molecular flexibility index (Phi) is 4.43. The number of anilines is 1. The second-order valence-electron chi connectivity index (χ2n) is 4.90. The van der Waals surface area contributed by atoms with Gasteiger partial charge in [0.2, 0.25) is 5.91 Å². The molecule has 2 aromatic heterocycles. The van der Waals surface area contributed by atoms with E-state index in [1.165, 1.54) is 0 Å². The molecule has 0 aliphatic heterocycles. The number of hydrogen-bond donors (Lipinski definition) is 1. The van der Waals surface area contributed by atoms with E-state index < -0.39 is 0 Å². The molecule has 0 atom stereocenters. The van der Waals surface area contributed by atoms with Crippen LogP contribution in [0.4, 0.5) is 5.69 Å². The van der Waals surface area contributed by atoms with Crippen molar-refractivity contribution in [3.8, 4) is 5.75 Å². The first kappa shape index (κ1) is 15.3. The lowest BCUT2D eigenvalue weighted by molar-refractivity contribution is -0.115. The predicted octanol–water partition coefficient (Wildman–Crippen LogP) is 2.96. The van der Waals surface area contributed by atoms with Crippen LogP contribution in [-0.4, -0.2) is 27.1 Å². The number of aromatic nitrogens is 3. The number of para-hydroxylation sites is 1. The molecule has 0 saturated carbocycles. The highest BCUT2D eigenvalue weighted by Crippen LogP contribution is 2.29. The van der Waals surface area contributed by atoms with Crippen molar-refractivity contribution in [1.29, 1.82) is 0 Å². The molecule has 1 aromatic carbocycles. The Balaban J connectivity index is 1.75. The van der Waals surface area contributed by atoms with Gasteiger partial charge in [0.1, 0.15) is 12.1 Å². The maximum atomic E-state index is 12.3. The van der Waals surface area contributed by atoms with Crippen molar-refractivity contribution in [1.82, 2.24) is 14.6 Å². The lowest BCUT2D eigenvalue weighted by Gasteiger charge is -2.12. The molecule has 0 saturated heterocycles. The number of carbonyl (C=O) groups is 1. The Labute approximate surface area is 138 Å². The molecule has 1 N–H and O–H groups in total. The van der Waals surface area contributed by atoms with Crippen LogP contribution in [0.15, 0.2) is 42.9 Å². The van der Waals surface area contributed by atoms with Gasteiger partial charge in [-0.2, -0.15) is 0 Å². The van der Waals surface area contributed by atoms with Crippen LogP contribution in [-0.2, 0) is 11.2 Å². The molecule has 3 rings (SSSR count). The lowest BCUT2D eigenvalue weighted by Crippen LogP contribution is -2.15. The first-order chi connectivity index (χ1) is 11.2. The first-order valence-corrected chi connectivity index (χ1v) is 7.54. The number of amides is 1. The molecule has 3 aromatic rings. The minimum absolute atomic E-state index is 0.152. The predicted molar refractivity (Wildman–Crippen MR) is 87.9 cm³/mol. The highest BCUT2D eigenvalue weighted by molar-refractivity contribution is 6.32. The number of fused-ring (bicyclic) bond motifs is 1. The van der Waals surface area contributed by atoms with E-state index in [-0.39, 0.29) is 12.3 Å². The summed E-state index contributed by atoms with van der Waals surface area (Å²) < 4.78 is 7.27. The molecule has 6 nitrogen and oxygen atoms in total. The van der Waals surface area contributed by atoms with Gasteiger partial charge in [0, 0.05) is 11.8 Å². The van der Waals surface area contributed by atoms with Crippen LogP contribution in [0.2, 0.25) is 5.02 Å². The highest BCUT2D eigenvalue weighted by atomic mass is 35.5. The second kappa shape index (κ2) is 6.66. The van der Waals surface area contributed by atoms with Gasteiger partial charge in [-0.15, -0.1) is 10.2 Å². The lowest BCUT2D eigenvalue weighted by atomic mass is 10.1. The van der Waals surface area contributed by atoms with Gasteiger partial charge in [0.05, 0.1) is 23.7 Å². The zero-order valence-corrected chi connectivity index (χ0v) is 13.2. The maximum absolute atomic E-state index is 12.3. The van der Waals surface area contributed by atoms with Gasteiger partial charge in [-0.05, 0) is 25.1 Å².